The van der Waals surface area contributed by atoms with Crippen LogP contribution in [0.15, 0.2) is 0 Å². The SMILES string of the molecule is CN(C(=O)CNCC(F)(F)F)C1CCOC1. The Morgan fingerprint density at radius 2 is 2.25 bits per heavy atom. The van der Waals surface area contributed by atoms with E-state index in [1.807, 2.05) is 0 Å². The van der Waals surface area contributed by atoms with Crippen LogP contribution in [0.3, 0.4) is 0 Å². The van der Waals surface area contributed by atoms with Crippen LogP contribution in [0.25, 0.3) is 0 Å². The second-order valence-electron chi connectivity index (χ2n) is 3.74. The van der Waals surface area contributed by atoms with E-state index in [0.717, 1.165) is 6.42 Å². The summed E-state index contributed by atoms with van der Waals surface area (Å²) in [6.07, 6.45) is -3.54. The van der Waals surface area contributed by atoms with Gasteiger partial charge < -0.3 is 15.0 Å². The molecule has 0 spiro atoms. The van der Waals surface area contributed by atoms with Gasteiger partial charge in [0.25, 0.3) is 0 Å². The van der Waals surface area contributed by atoms with Crippen LogP contribution in [0.1, 0.15) is 6.42 Å². The number of ether oxygens (including phenoxy) is 1. The number of alkyl halides is 3. The van der Waals surface area contributed by atoms with Crippen molar-refractivity contribution in [2.75, 3.05) is 33.4 Å². The number of nitrogens with zero attached hydrogens (tertiary/aromatic N) is 1. The van der Waals surface area contributed by atoms with Crippen LogP contribution < -0.4 is 5.32 Å². The molecule has 0 aromatic heterocycles. The lowest BCUT2D eigenvalue weighted by molar-refractivity contribution is -0.134. The minimum absolute atomic E-state index is 0.0137. The normalized spacial score (nSPS) is 21.1. The zero-order valence-corrected chi connectivity index (χ0v) is 9.01. The molecule has 1 fully saturated rings. The molecule has 1 atom stereocenters. The topological polar surface area (TPSA) is 41.6 Å². The minimum Gasteiger partial charge on any atom is -0.379 e. The molecule has 7 heteroatoms. The van der Waals surface area contributed by atoms with E-state index in [-0.39, 0.29) is 18.5 Å². The highest BCUT2D eigenvalue weighted by Crippen LogP contribution is 2.12. The van der Waals surface area contributed by atoms with Crippen LogP contribution in [0.4, 0.5) is 13.2 Å². The van der Waals surface area contributed by atoms with Gasteiger partial charge in [0.15, 0.2) is 0 Å². The molecule has 0 radical (unpaired) electrons. The monoisotopic (exact) mass is 240 g/mol. The van der Waals surface area contributed by atoms with Gasteiger partial charge in [0.2, 0.25) is 5.91 Å². The summed E-state index contributed by atoms with van der Waals surface area (Å²) in [6, 6.07) is -0.0137. The Morgan fingerprint density at radius 3 is 2.75 bits per heavy atom. The molecule has 1 aliphatic rings. The van der Waals surface area contributed by atoms with Gasteiger partial charge in [0, 0.05) is 13.7 Å². The molecule has 1 N–H and O–H groups in total. The molecule has 1 saturated heterocycles. The van der Waals surface area contributed by atoms with E-state index in [4.69, 9.17) is 4.74 Å². The fraction of sp³-hybridized carbons (Fsp3) is 0.889. The molecule has 1 rings (SSSR count). The molecule has 0 aromatic carbocycles. The maximum Gasteiger partial charge on any atom is 0.401 e. The van der Waals surface area contributed by atoms with Crippen molar-refractivity contribution in [2.45, 2.75) is 18.6 Å². The first kappa shape index (κ1) is 13.2. The lowest BCUT2D eigenvalue weighted by atomic mass is 10.2. The number of carbonyl (C=O) groups excluding carboxylic acids is 1. The summed E-state index contributed by atoms with van der Waals surface area (Å²) in [4.78, 5) is 12.9. The van der Waals surface area contributed by atoms with E-state index in [1.54, 1.807) is 7.05 Å². The zero-order chi connectivity index (χ0) is 12.2. The van der Waals surface area contributed by atoms with Crippen molar-refractivity contribution in [3.05, 3.63) is 0 Å². The van der Waals surface area contributed by atoms with E-state index in [2.05, 4.69) is 5.32 Å². The maximum atomic E-state index is 11.8. The third-order valence-electron chi connectivity index (χ3n) is 2.45. The zero-order valence-electron chi connectivity index (χ0n) is 9.01. The van der Waals surface area contributed by atoms with Crippen LogP contribution in [-0.4, -0.2) is 56.4 Å². The average molecular weight is 240 g/mol. The second-order valence-corrected chi connectivity index (χ2v) is 3.74. The molecule has 1 aliphatic heterocycles. The molecule has 0 bridgehead atoms. The summed E-state index contributed by atoms with van der Waals surface area (Å²) in [6.45, 7) is -0.389. The first-order valence-electron chi connectivity index (χ1n) is 5.01. The summed E-state index contributed by atoms with van der Waals surface area (Å²) < 4.78 is 40.5. The number of hydrogen-bond acceptors (Lipinski definition) is 3. The number of halogens is 3. The molecule has 94 valence electrons. The first-order valence-corrected chi connectivity index (χ1v) is 5.01. The molecular weight excluding hydrogens is 225 g/mol. The standard InChI is InChI=1S/C9H15F3N2O2/c1-14(7-2-3-16-5-7)8(15)4-13-6-9(10,11)12/h7,13H,2-6H2,1H3. The predicted molar refractivity (Wildman–Crippen MR) is 50.9 cm³/mol. The van der Waals surface area contributed by atoms with Crippen LogP contribution in [0, 0.1) is 0 Å². The van der Waals surface area contributed by atoms with Crippen molar-refractivity contribution in [1.29, 1.82) is 0 Å². The number of rotatable bonds is 4. The summed E-state index contributed by atoms with van der Waals surface area (Å²) in [5, 5.41) is 2.07. The van der Waals surface area contributed by atoms with Gasteiger partial charge in [0.1, 0.15) is 0 Å². The van der Waals surface area contributed by atoms with E-state index in [1.165, 1.54) is 4.90 Å². The van der Waals surface area contributed by atoms with Crippen LogP contribution in [-0.2, 0) is 9.53 Å². The number of nitrogens with one attached hydrogen (secondary N) is 1. The van der Waals surface area contributed by atoms with Gasteiger partial charge >= 0.3 is 6.18 Å². The largest absolute Gasteiger partial charge is 0.401 e. The van der Waals surface area contributed by atoms with Gasteiger partial charge in [-0.15, -0.1) is 0 Å². The first-order chi connectivity index (χ1) is 7.40. The maximum absolute atomic E-state index is 11.8. The highest BCUT2D eigenvalue weighted by atomic mass is 19.4. The molecule has 1 amide bonds. The molecule has 16 heavy (non-hydrogen) atoms. The average Bonchev–Trinajstić information content (AvgIpc) is 2.67. The molecule has 0 saturated carbocycles. The van der Waals surface area contributed by atoms with Gasteiger partial charge in [-0.1, -0.05) is 0 Å². The summed E-state index contributed by atoms with van der Waals surface area (Å²) in [5.74, 6) is -0.347. The molecule has 1 unspecified atom stereocenters. The molecule has 4 nitrogen and oxygen atoms in total. The van der Waals surface area contributed by atoms with Gasteiger partial charge in [-0.05, 0) is 6.42 Å². The molecule has 1 heterocycles. The lowest BCUT2D eigenvalue weighted by Gasteiger charge is -2.23. The Balaban J connectivity index is 2.23. The van der Waals surface area contributed by atoms with Crippen molar-refractivity contribution in [3.8, 4) is 0 Å². The van der Waals surface area contributed by atoms with E-state index in [0.29, 0.717) is 13.2 Å². The summed E-state index contributed by atoms with van der Waals surface area (Å²) >= 11 is 0. The lowest BCUT2D eigenvalue weighted by Crippen LogP contribution is -2.43. The molecular formula is C9H15F3N2O2. The number of amides is 1. The van der Waals surface area contributed by atoms with Crippen LogP contribution >= 0.6 is 0 Å². The Labute approximate surface area is 91.7 Å². The minimum atomic E-state index is -4.28. The van der Waals surface area contributed by atoms with Crippen molar-refractivity contribution in [2.24, 2.45) is 0 Å². The van der Waals surface area contributed by atoms with Crippen LogP contribution in [0.5, 0.6) is 0 Å². The fourth-order valence-corrected chi connectivity index (χ4v) is 1.47. The highest BCUT2D eigenvalue weighted by molar-refractivity contribution is 5.78. The summed E-state index contributed by atoms with van der Waals surface area (Å²) in [5.41, 5.74) is 0. The Morgan fingerprint density at radius 1 is 1.56 bits per heavy atom. The van der Waals surface area contributed by atoms with Crippen molar-refractivity contribution >= 4 is 5.91 Å². The highest BCUT2D eigenvalue weighted by Gasteiger charge is 2.28. The molecule has 0 aliphatic carbocycles. The number of carbonyl (C=O) groups is 1. The Kier molecular flexibility index (Phi) is 4.55. The van der Waals surface area contributed by atoms with Gasteiger partial charge in [-0.3, -0.25) is 4.79 Å². The van der Waals surface area contributed by atoms with Crippen molar-refractivity contribution < 1.29 is 22.7 Å². The molecule has 0 aromatic rings. The van der Waals surface area contributed by atoms with Crippen molar-refractivity contribution in [3.63, 3.8) is 0 Å². The van der Waals surface area contributed by atoms with Gasteiger partial charge in [-0.25, -0.2) is 0 Å². The number of hydrogen-bond donors (Lipinski definition) is 1. The van der Waals surface area contributed by atoms with Crippen LogP contribution in [0.2, 0.25) is 0 Å². The van der Waals surface area contributed by atoms with E-state index in [9.17, 15) is 18.0 Å². The second kappa shape index (κ2) is 5.49. The Bertz CT molecular complexity index is 239. The quantitative estimate of drug-likeness (QED) is 0.772. The fourth-order valence-electron chi connectivity index (χ4n) is 1.47. The third-order valence-corrected chi connectivity index (χ3v) is 2.45. The van der Waals surface area contributed by atoms with E-state index < -0.39 is 12.7 Å². The Hall–Kier alpha value is -0.820. The smallest absolute Gasteiger partial charge is 0.379 e. The number of likely N-dealkylation sites (N-methyl/N-ethyl adjacent to an activating group) is 1. The van der Waals surface area contributed by atoms with Crippen molar-refractivity contribution in [1.82, 2.24) is 10.2 Å². The van der Waals surface area contributed by atoms with Gasteiger partial charge in [0.05, 0.1) is 25.7 Å². The third kappa shape index (κ3) is 4.36. The summed E-state index contributed by atoms with van der Waals surface area (Å²) in [7, 11) is 1.58. The van der Waals surface area contributed by atoms with Gasteiger partial charge in [-0.2, -0.15) is 13.2 Å². The van der Waals surface area contributed by atoms with E-state index >= 15 is 0 Å². The predicted octanol–water partition coefficient (Wildman–Crippen LogP) is 0.386.